The van der Waals surface area contributed by atoms with Gasteiger partial charge in [-0.2, -0.15) is 0 Å². The molecule has 5 aromatic rings. The van der Waals surface area contributed by atoms with Gasteiger partial charge in [-0.25, -0.2) is 0 Å². The second-order valence-electron chi connectivity index (χ2n) is 9.74. The van der Waals surface area contributed by atoms with Crippen LogP contribution in [0.4, 0.5) is 0 Å². The highest BCUT2D eigenvalue weighted by Gasteiger charge is 2.21. The fraction of sp³-hybridized carbons (Fsp3) is 0.241. The summed E-state index contributed by atoms with van der Waals surface area (Å²) in [5.41, 5.74) is 7.37. The van der Waals surface area contributed by atoms with Crippen molar-refractivity contribution in [1.29, 1.82) is 0 Å². The van der Waals surface area contributed by atoms with E-state index in [4.69, 9.17) is 0 Å². The molecule has 0 saturated carbocycles. The van der Waals surface area contributed by atoms with Crippen LogP contribution in [0.1, 0.15) is 43.9 Å². The van der Waals surface area contributed by atoms with Crippen molar-refractivity contribution in [2.45, 2.75) is 45.4 Å². The minimum absolute atomic E-state index is 0.183. The lowest BCUT2D eigenvalue weighted by Crippen LogP contribution is -2.10. The first-order valence-corrected chi connectivity index (χ1v) is 10.8. The Morgan fingerprint density at radius 1 is 0.655 bits per heavy atom. The van der Waals surface area contributed by atoms with Crippen LogP contribution < -0.4 is 0 Å². The maximum Gasteiger partial charge on any atom is -0.00150 e. The summed E-state index contributed by atoms with van der Waals surface area (Å²) >= 11 is 0. The molecule has 0 aliphatic heterocycles. The summed E-state index contributed by atoms with van der Waals surface area (Å²) in [4.78, 5) is 0. The van der Waals surface area contributed by atoms with Crippen LogP contribution in [0.25, 0.3) is 43.4 Å². The van der Waals surface area contributed by atoms with E-state index in [0.29, 0.717) is 0 Å². The highest BCUT2D eigenvalue weighted by Crippen LogP contribution is 2.44. The Morgan fingerprint density at radius 3 is 2.14 bits per heavy atom. The number of hydrogen-bond acceptors (Lipinski definition) is 0. The van der Waals surface area contributed by atoms with Crippen LogP contribution in [0.15, 0.2) is 66.7 Å². The van der Waals surface area contributed by atoms with Crippen LogP contribution in [0.2, 0.25) is 0 Å². The van der Waals surface area contributed by atoms with Crippen molar-refractivity contribution in [2.75, 3.05) is 0 Å². The molecule has 5 aromatic carbocycles. The largest absolute Gasteiger partial charge is 0.0610 e. The summed E-state index contributed by atoms with van der Waals surface area (Å²) in [7, 11) is 0. The Labute approximate surface area is 172 Å². The van der Waals surface area contributed by atoms with E-state index < -0.39 is 0 Å². The summed E-state index contributed by atoms with van der Waals surface area (Å²) in [6.07, 6.45) is 3.64. The maximum absolute atomic E-state index is 2.48. The highest BCUT2D eigenvalue weighted by molar-refractivity contribution is 6.27. The fourth-order valence-corrected chi connectivity index (χ4v) is 5.38. The molecular weight excluding hydrogens is 348 g/mol. The molecule has 0 atom stereocenters. The van der Waals surface area contributed by atoms with E-state index >= 15 is 0 Å². The van der Waals surface area contributed by atoms with Crippen molar-refractivity contribution >= 4 is 32.3 Å². The molecule has 1 aliphatic carbocycles. The lowest BCUT2D eigenvalue weighted by atomic mass is 9.80. The first kappa shape index (κ1) is 17.0. The van der Waals surface area contributed by atoms with Gasteiger partial charge in [-0.05, 0) is 90.9 Å². The first-order valence-electron chi connectivity index (χ1n) is 10.8. The number of aryl methyl sites for hydroxylation is 2. The smallest absolute Gasteiger partial charge is 0.00150 e. The zero-order valence-electron chi connectivity index (χ0n) is 17.5. The van der Waals surface area contributed by atoms with Crippen molar-refractivity contribution < 1.29 is 0 Å². The van der Waals surface area contributed by atoms with E-state index in [0.717, 1.165) is 0 Å². The molecular formula is C29H26. The van der Waals surface area contributed by atoms with Crippen LogP contribution >= 0.6 is 0 Å². The molecule has 1 aliphatic rings. The molecule has 0 heteroatoms. The molecule has 0 unspecified atom stereocenters. The summed E-state index contributed by atoms with van der Waals surface area (Å²) < 4.78 is 0. The number of benzene rings is 5. The van der Waals surface area contributed by atoms with Crippen LogP contribution in [-0.4, -0.2) is 0 Å². The van der Waals surface area contributed by atoms with Crippen molar-refractivity contribution in [3.05, 3.63) is 83.4 Å². The molecule has 29 heavy (non-hydrogen) atoms. The Morgan fingerprint density at radius 2 is 1.38 bits per heavy atom. The molecule has 0 saturated heterocycles. The molecule has 0 amide bonds. The quantitative estimate of drug-likeness (QED) is 0.260. The molecule has 0 spiro atoms. The van der Waals surface area contributed by atoms with Crippen molar-refractivity contribution in [2.24, 2.45) is 0 Å². The van der Waals surface area contributed by atoms with Gasteiger partial charge in [0, 0.05) is 0 Å². The Bertz CT molecular complexity index is 1380. The summed E-state index contributed by atoms with van der Waals surface area (Å²) in [5, 5.41) is 8.62. The molecule has 6 rings (SSSR count). The molecule has 0 radical (unpaired) electrons. The van der Waals surface area contributed by atoms with Crippen LogP contribution in [0.5, 0.6) is 0 Å². The minimum atomic E-state index is 0.183. The van der Waals surface area contributed by atoms with E-state index in [-0.39, 0.29) is 5.41 Å². The van der Waals surface area contributed by atoms with Crippen LogP contribution in [-0.2, 0) is 18.3 Å². The van der Waals surface area contributed by atoms with Crippen LogP contribution in [0, 0.1) is 0 Å². The second-order valence-corrected chi connectivity index (χ2v) is 9.74. The third-order valence-corrected chi connectivity index (χ3v) is 6.86. The minimum Gasteiger partial charge on any atom is -0.0610 e. The zero-order valence-corrected chi connectivity index (χ0v) is 17.5. The Balaban J connectivity index is 1.72. The Kier molecular flexibility index (Phi) is 3.42. The van der Waals surface area contributed by atoms with E-state index in [1.54, 1.807) is 0 Å². The van der Waals surface area contributed by atoms with Gasteiger partial charge in [-0.15, -0.1) is 0 Å². The SMILES string of the molecule is CC(C)(C)c1ccc(-c2cc3c4c(cc5cccc6ccc2c4c65)CCC3)cc1. The van der Waals surface area contributed by atoms with Crippen molar-refractivity contribution in [3.8, 4) is 11.1 Å². The van der Waals surface area contributed by atoms with Gasteiger partial charge < -0.3 is 0 Å². The lowest BCUT2D eigenvalue weighted by Gasteiger charge is -2.24. The fourth-order valence-electron chi connectivity index (χ4n) is 5.38. The molecule has 0 fully saturated rings. The molecule has 0 N–H and O–H groups in total. The second kappa shape index (κ2) is 5.83. The third-order valence-electron chi connectivity index (χ3n) is 6.86. The van der Waals surface area contributed by atoms with Crippen LogP contribution in [0.3, 0.4) is 0 Å². The predicted molar refractivity (Wildman–Crippen MR) is 126 cm³/mol. The van der Waals surface area contributed by atoms with Gasteiger partial charge in [0.05, 0.1) is 0 Å². The van der Waals surface area contributed by atoms with Gasteiger partial charge in [0.25, 0.3) is 0 Å². The molecule has 0 bridgehead atoms. The first-order chi connectivity index (χ1) is 14.0. The van der Waals surface area contributed by atoms with E-state index in [2.05, 4.69) is 87.5 Å². The van der Waals surface area contributed by atoms with Gasteiger partial charge in [-0.3, -0.25) is 0 Å². The summed E-state index contributed by atoms with van der Waals surface area (Å²) in [6, 6.07) is 25.6. The topological polar surface area (TPSA) is 0 Å². The van der Waals surface area contributed by atoms with E-state index in [1.165, 1.54) is 79.4 Å². The van der Waals surface area contributed by atoms with E-state index in [9.17, 15) is 0 Å². The van der Waals surface area contributed by atoms with Gasteiger partial charge in [0.2, 0.25) is 0 Å². The van der Waals surface area contributed by atoms with Crippen molar-refractivity contribution in [1.82, 2.24) is 0 Å². The number of rotatable bonds is 1. The molecule has 0 nitrogen and oxygen atoms in total. The Hall–Kier alpha value is -2.86. The van der Waals surface area contributed by atoms with Gasteiger partial charge in [-0.1, -0.05) is 81.4 Å². The highest BCUT2D eigenvalue weighted by atomic mass is 14.2. The maximum atomic E-state index is 2.48. The molecule has 0 heterocycles. The number of hydrogen-bond donors (Lipinski definition) is 0. The van der Waals surface area contributed by atoms with Gasteiger partial charge >= 0.3 is 0 Å². The molecule has 0 aromatic heterocycles. The summed E-state index contributed by atoms with van der Waals surface area (Å²) in [5.74, 6) is 0. The van der Waals surface area contributed by atoms with Gasteiger partial charge in [0.1, 0.15) is 0 Å². The lowest BCUT2D eigenvalue weighted by molar-refractivity contribution is 0.590. The standard InChI is InChI=1S/C29H26/c1-29(2,3)23-13-10-18(11-14-23)25-17-22-9-5-8-21-16-20-7-4-6-19-12-15-24(25)28(26(19)20)27(21)22/h4,6-7,10-17H,5,8-9H2,1-3H3. The third kappa shape index (κ3) is 2.45. The predicted octanol–water partition coefficient (Wildman–Crippen LogP) is 8.04. The summed E-state index contributed by atoms with van der Waals surface area (Å²) in [6.45, 7) is 6.84. The normalized spacial score (nSPS) is 14.3. The average molecular weight is 375 g/mol. The zero-order chi connectivity index (χ0) is 19.8. The van der Waals surface area contributed by atoms with Gasteiger partial charge in [0.15, 0.2) is 0 Å². The van der Waals surface area contributed by atoms with Crippen molar-refractivity contribution in [3.63, 3.8) is 0 Å². The van der Waals surface area contributed by atoms with E-state index in [1.807, 2.05) is 0 Å². The monoisotopic (exact) mass is 374 g/mol. The molecule has 142 valence electrons. The average Bonchev–Trinajstić information content (AvgIpc) is 2.72.